The molecule has 4 nitrogen and oxygen atoms in total. The number of hydrogen-bond acceptors (Lipinski definition) is 3. The van der Waals surface area contributed by atoms with E-state index in [9.17, 15) is 8.42 Å². The van der Waals surface area contributed by atoms with Gasteiger partial charge >= 0.3 is 0 Å². The lowest BCUT2D eigenvalue weighted by Gasteiger charge is -2.18. The lowest BCUT2D eigenvalue weighted by molar-refractivity contribution is 0.422. The molecule has 0 aliphatic heterocycles. The maximum atomic E-state index is 11.5. The third-order valence-electron chi connectivity index (χ3n) is 1.95. The summed E-state index contributed by atoms with van der Waals surface area (Å²) in [6.45, 7) is 2.44. The number of hydrogen-bond donors (Lipinski definition) is 0. The first-order valence-corrected chi connectivity index (χ1v) is 6.68. The molecule has 0 unspecified atom stereocenters. The molecule has 0 atom stereocenters. The van der Waals surface area contributed by atoms with Crippen LogP contribution in [0.2, 0.25) is 0 Å². The minimum absolute atomic E-state index is 0.270. The second-order valence-electron chi connectivity index (χ2n) is 2.97. The summed E-state index contributed by atoms with van der Waals surface area (Å²) in [7, 11) is -3.35. The molecule has 0 aliphatic carbocycles. The lowest BCUT2D eigenvalue weighted by Crippen LogP contribution is -2.31. The lowest BCUT2D eigenvalue weighted by atomic mass is 10.3. The second kappa shape index (κ2) is 5.44. The minimum Gasteiger partial charge on any atom is -0.260 e. The van der Waals surface area contributed by atoms with Crippen LogP contribution in [0.3, 0.4) is 0 Å². The molecule has 0 aromatic carbocycles. The molecular weight excluding hydrogens is 236 g/mol. The van der Waals surface area contributed by atoms with E-state index >= 15 is 0 Å². The normalized spacial score (nSPS) is 11.9. The quantitative estimate of drug-likeness (QED) is 0.741. The maximum Gasteiger partial charge on any atom is 0.228 e. The zero-order chi connectivity index (χ0) is 11.3. The Kier molecular flexibility index (Phi) is 4.50. The molecule has 1 rings (SSSR count). The van der Waals surface area contributed by atoms with Crippen LogP contribution in [0.15, 0.2) is 24.4 Å². The molecule has 0 radical (unpaired) electrons. The van der Waals surface area contributed by atoms with Gasteiger partial charge in [-0.2, -0.15) is 4.31 Å². The van der Waals surface area contributed by atoms with Crippen LogP contribution in [-0.2, 0) is 16.6 Å². The predicted molar refractivity (Wildman–Crippen MR) is 60.0 cm³/mol. The van der Waals surface area contributed by atoms with Crippen molar-refractivity contribution < 1.29 is 8.42 Å². The average Bonchev–Trinajstić information content (AvgIpc) is 2.27. The van der Waals surface area contributed by atoms with Crippen LogP contribution in [0.5, 0.6) is 0 Å². The summed E-state index contributed by atoms with van der Waals surface area (Å²) in [5.41, 5.74) is 0.716. The van der Waals surface area contributed by atoms with Crippen molar-refractivity contribution in [3.05, 3.63) is 30.1 Å². The highest BCUT2D eigenvalue weighted by molar-refractivity contribution is 7.90. The van der Waals surface area contributed by atoms with E-state index in [4.69, 9.17) is 11.6 Å². The largest absolute Gasteiger partial charge is 0.260 e. The van der Waals surface area contributed by atoms with Crippen molar-refractivity contribution in [3.63, 3.8) is 0 Å². The fourth-order valence-electron chi connectivity index (χ4n) is 1.15. The fourth-order valence-corrected chi connectivity index (χ4v) is 2.42. The predicted octanol–water partition coefficient (Wildman–Crippen LogP) is 1.43. The van der Waals surface area contributed by atoms with Gasteiger partial charge in [0.05, 0.1) is 12.2 Å². The highest BCUT2D eigenvalue weighted by atomic mass is 35.5. The third-order valence-corrected chi connectivity index (χ3v) is 4.23. The second-order valence-corrected chi connectivity index (χ2v) is 5.52. The summed E-state index contributed by atoms with van der Waals surface area (Å²) < 4.78 is 24.3. The van der Waals surface area contributed by atoms with Gasteiger partial charge in [-0.25, -0.2) is 8.42 Å². The smallest absolute Gasteiger partial charge is 0.228 e. The van der Waals surface area contributed by atoms with Crippen LogP contribution in [0, 0.1) is 0 Å². The van der Waals surface area contributed by atoms with E-state index in [0.29, 0.717) is 12.2 Å². The highest BCUT2D eigenvalue weighted by Gasteiger charge is 2.19. The Labute approximate surface area is 94.9 Å². The monoisotopic (exact) mass is 248 g/mol. The number of rotatable bonds is 5. The third kappa shape index (κ3) is 3.44. The van der Waals surface area contributed by atoms with Crippen LogP contribution in [0.1, 0.15) is 12.6 Å². The molecule has 0 bridgehead atoms. The molecule has 0 aliphatic rings. The van der Waals surface area contributed by atoms with Gasteiger partial charge in [-0.15, -0.1) is 11.6 Å². The van der Waals surface area contributed by atoms with Gasteiger partial charge in [0.2, 0.25) is 10.0 Å². The van der Waals surface area contributed by atoms with Gasteiger partial charge < -0.3 is 0 Å². The van der Waals surface area contributed by atoms with E-state index in [1.165, 1.54) is 4.31 Å². The molecule has 0 fully saturated rings. The molecule has 84 valence electrons. The maximum absolute atomic E-state index is 11.5. The molecule has 0 spiro atoms. The minimum atomic E-state index is -3.35. The van der Waals surface area contributed by atoms with E-state index in [1.807, 2.05) is 6.07 Å². The summed E-state index contributed by atoms with van der Waals surface area (Å²) in [6, 6.07) is 5.39. The summed E-state index contributed by atoms with van der Waals surface area (Å²) in [5, 5.41) is -0.395. The average molecular weight is 249 g/mol. The van der Waals surface area contributed by atoms with E-state index in [1.54, 1.807) is 25.3 Å². The number of sulfonamides is 1. The number of alkyl halides is 1. The summed E-state index contributed by atoms with van der Waals surface area (Å²) in [5.74, 6) is 0. The van der Waals surface area contributed by atoms with Crippen molar-refractivity contribution in [2.45, 2.75) is 13.5 Å². The van der Waals surface area contributed by atoms with Gasteiger partial charge in [0.1, 0.15) is 5.21 Å². The van der Waals surface area contributed by atoms with Crippen LogP contribution < -0.4 is 0 Å². The van der Waals surface area contributed by atoms with Gasteiger partial charge in [-0.3, -0.25) is 4.98 Å². The summed E-state index contributed by atoms with van der Waals surface area (Å²) in [4.78, 5) is 4.07. The molecule has 1 aromatic heterocycles. The van der Waals surface area contributed by atoms with Crippen molar-refractivity contribution in [3.8, 4) is 0 Å². The summed E-state index contributed by atoms with van der Waals surface area (Å²) >= 11 is 5.38. The van der Waals surface area contributed by atoms with Gasteiger partial charge in [-0.05, 0) is 12.1 Å². The highest BCUT2D eigenvalue weighted by Crippen LogP contribution is 2.08. The Morgan fingerprint density at radius 1 is 1.47 bits per heavy atom. The van der Waals surface area contributed by atoms with Crippen molar-refractivity contribution in [2.24, 2.45) is 0 Å². The van der Waals surface area contributed by atoms with Gasteiger partial charge in [0, 0.05) is 12.7 Å². The Balaban J connectivity index is 2.80. The zero-order valence-electron chi connectivity index (χ0n) is 8.43. The first kappa shape index (κ1) is 12.4. The van der Waals surface area contributed by atoms with Gasteiger partial charge in [0.15, 0.2) is 0 Å². The van der Waals surface area contributed by atoms with E-state index in [0.717, 1.165) is 0 Å². The SMILES string of the molecule is CCN(Cc1ccccn1)S(=O)(=O)CCl. The molecule has 0 saturated heterocycles. The van der Waals surface area contributed by atoms with Crippen molar-refractivity contribution in [1.29, 1.82) is 0 Å². The van der Waals surface area contributed by atoms with Crippen LogP contribution in [0.4, 0.5) is 0 Å². The van der Waals surface area contributed by atoms with E-state index in [2.05, 4.69) is 4.98 Å². The number of halogens is 1. The zero-order valence-corrected chi connectivity index (χ0v) is 10.0. The molecular formula is C9H13ClN2O2S. The Morgan fingerprint density at radius 3 is 2.67 bits per heavy atom. The van der Waals surface area contributed by atoms with E-state index in [-0.39, 0.29) is 6.54 Å². The number of pyridine rings is 1. The van der Waals surface area contributed by atoms with Crippen LogP contribution >= 0.6 is 11.6 Å². The fraction of sp³-hybridized carbons (Fsp3) is 0.444. The Morgan fingerprint density at radius 2 is 2.20 bits per heavy atom. The number of nitrogens with zero attached hydrogens (tertiary/aromatic N) is 2. The van der Waals surface area contributed by atoms with Crippen molar-refractivity contribution >= 4 is 21.6 Å². The molecule has 1 aromatic rings. The van der Waals surface area contributed by atoms with Crippen LogP contribution in [-0.4, -0.2) is 29.5 Å². The standard InChI is InChI=1S/C9H13ClN2O2S/c1-2-12(15(13,14)8-10)7-9-5-3-4-6-11-9/h3-6H,2,7-8H2,1H3. The molecule has 1 heterocycles. The van der Waals surface area contributed by atoms with Gasteiger partial charge in [0.25, 0.3) is 0 Å². The molecule has 0 amide bonds. The van der Waals surface area contributed by atoms with Crippen LogP contribution in [0.25, 0.3) is 0 Å². The molecule has 0 saturated carbocycles. The topological polar surface area (TPSA) is 50.3 Å². The summed E-state index contributed by atoms with van der Waals surface area (Å²) in [6.07, 6.45) is 1.64. The molecule has 15 heavy (non-hydrogen) atoms. The molecule has 0 N–H and O–H groups in total. The first-order valence-electron chi connectivity index (χ1n) is 4.54. The van der Waals surface area contributed by atoms with Crippen molar-refractivity contribution in [1.82, 2.24) is 9.29 Å². The van der Waals surface area contributed by atoms with Crippen molar-refractivity contribution in [2.75, 3.05) is 11.8 Å². The Bertz CT molecular complexity index is 394. The van der Waals surface area contributed by atoms with Gasteiger partial charge in [-0.1, -0.05) is 13.0 Å². The molecule has 6 heteroatoms. The van der Waals surface area contributed by atoms with E-state index < -0.39 is 15.2 Å². The number of aromatic nitrogens is 1. The Hall–Kier alpha value is -0.650. The first-order chi connectivity index (χ1) is 7.10.